The van der Waals surface area contributed by atoms with Crippen molar-refractivity contribution < 1.29 is 4.39 Å². The van der Waals surface area contributed by atoms with E-state index in [1.807, 2.05) is 6.07 Å². The first-order valence-electron chi connectivity index (χ1n) is 5.69. The minimum atomic E-state index is -0.339. The molecule has 0 aromatic heterocycles. The van der Waals surface area contributed by atoms with Gasteiger partial charge in [0.1, 0.15) is 5.82 Å². The molecular formula is C13H21FN2. The van der Waals surface area contributed by atoms with Crippen LogP contribution in [0.25, 0.3) is 0 Å². The number of hydrogen-bond acceptors (Lipinski definition) is 2. The third-order valence-electron chi connectivity index (χ3n) is 2.95. The first-order valence-corrected chi connectivity index (χ1v) is 5.69. The average Bonchev–Trinajstić information content (AvgIpc) is 2.23. The largest absolute Gasteiger partial charge is 0.396 e. The van der Waals surface area contributed by atoms with Crippen LogP contribution in [0.15, 0.2) is 18.2 Å². The molecule has 0 atom stereocenters. The molecule has 90 valence electrons. The molecule has 0 fully saturated rings. The number of nitrogens with one attached hydrogen (secondary N) is 1. The van der Waals surface area contributed by atoms with Crippen molar-refractivity contribution in [1.82, 2.24) is 5.32 Å². The molecule has 16 heavy (non-hydrogen) atoms. The molecule has 3 N–H and O–H groups in total. The zero-order valence-electron chi connectivity index (χ0n) is 10.3. The van der Waals surface area contributed by atoms with Gasteiger partial charge in [-0.3, -0.25) is 0 Å². The van der Waals surface area contributed by atoms with Crippen LogP contribution in [-0.2, 0) is 6.54 Å². The maximum absolute atomic E-state index is 13.2. The fourth-order valence-corrected chi connectivity index (χ4v) is 1.35. The highest BCUT2D eigenvalue weighted by atomic mass is 19.1. The topological polar surface area (TPSA) is 38.0 Å². The molecule has 0 aliphatic carbocycles. The molecule has 0 aliphatic heterocycles. The van der Waals surface area contributed by atoms with Crippen LogP contribution in [-0.4, -0.2) is 6.54 Å². The molecule has 0 heterocycles. The second-order valence-electron chi connectivity index (χ2n) is 4.98. The van der Waals surface area contributed by atoms with Gasteiger partial charge in [0.05, 0.1) is 5.69 Å². The number of benzene rings is 1. The van der Waals surface area contributed by atoms with Crippen molar-refractivity contribution in [3.05, 3.63) is 29.6 Å². The second-order valence-corrected chi connectivity index (χ2v) is 4.98. The van der Waals surface area contributed by atoms with E-state index in [1.165, 1.54) is 6.07 Å². The summed E-state index contributed by atoms with van der Waals surface area (Å²) in [5.41, 5.74) is 6.83. The average molecular weight is 224 g/mol. The van der Waals surface area contributed by atoms with Gasteiger partial charge in [-0.25, -0.2) is 4.39 Å². The molecule has 0 aliphatic rings. The van der Waals surface area contributed by atoms with E-state index in [9.17, 15) is 4.39 Å². The van der Waals surface area contributed by atoms with E-state index in [0.29, 0.717) is 6.54 Å². The van der Waals surface area contributed by atoms with Crippen molar-refractivity contribution in [2.24, 2.45) is 5.41 Å². The number of halogens is 1. The van der Waals surface area contributed by atoms with Crippen molar-refractivity contribution in [2.45, 2.75) is 33.7 Å². The summed E-state index contributed by atoms with van der Waals surface area (Å²) in [6.45, 7) is 8.20. The van der Waals surface area contributed by atoms with Gasteiger partial charge >= 0.3 is 0 Å². The summed E-state index contributed by atoms with van der Waals surface area (Å²) in [5.74, 6) is -0.339. The Morgan fingerprint density at radius 1 is 1.38 bits per heavy atom. The quantitative estimate of drug-likeness (QED) is 0.755. The number of hydrogen-bond donors (Lipinski definition) is 2. The van der Waals surface area contributed by atoms with E-state index < -0.39 is 0 Å². The summed E-state index contributed by atoms with van der Waals surface area (Å²) < 4.78 is 13.2. The molecule has 2 nitrogen and oxygen atoms in total. The molecule has 0 bridgehead atoms. The maximum atomic E-state index is 13.2. The molecular weight excluding hydrogens is 203 g/mol. The van der Waals surface area contributed by atoms with E-state index in [1.54, 1.807) is 6.07 Å². The molecule has 0 radical (unpaired) electrons. The Bertz CT molecular complexity index is 348. The van der Waals surface area contributed by atoms with Gasteiger partial charge in [0, 0.05) is 13.1 Å². The van der Waals surface area contributed by atoms with Crippen molar-refractivity contribution in [3.8, 4) is 0 Å². The Balaban J connectivity index is 2.46. The lowest BCUT2D eigenvalue weighted by atomic mass is 9.90. The Labute approximate surface area is 97.0 Å². The third-order valence-corrected chi connectivity index (χ3v) is 2.95. The fraction of sp³-hybridized carbons (Fsp3) is 0.538. The fourth-order valence-electron chi connectivity index (χ4n) is 1.35. The standard InChI is InChI=1S/C13H21FN2/c1-4-13(2,3)9-16-8-10-5-6-12(15)11(14)7-10/h5-7,16H,4,8-9,15H2,1-3H3. The van der Waals surface area contributed by atoms with E-state index >= 15 is 0 Å². The Hall–Kier alpha value is -1.09. The molecule has 1 aromatic carbocycles. The molecule has 0 unspecified atom stereocenters. The van der Waals surface area contributed by atoms with Crippen molar-refractivity contribution in [2.75, 3.05) is 12.3 Å². The van der Waals surface area contributed by atoms with Crippen LogP contribution >= 0.6 is 0 Å². The normalized spacial score (nSPS) is 11.8. The van der Waals surface area contributed by atoms with Crippen LogP contribution in [0.2, 0.25) is 0 Å². The highest BCUT2D eigenvalue weighted by Crippen LogP contribution is 2.18. The summed E-state index contributed by atoms with van der Waals surface area (Å²) in [7, 11) is 0. The highest BCUT2D eigenvalue weighted by molar-refractivity contribution is 5.41. The van der Waals surface area contributed by atoms with Crippen LogP contribution in [0.3, 0.4) is 0 Å². The summed E-state index contributed by atoms with van der Waals surface area (Å²) in [6.07, 6.45) is 1.12. The molecule has 0 saturated heterocycles. The summed E-state index contributed by atoms with van der Waals surface area (Å²) >= 11 is 0. The van der Waals surface area contributed by atoms with Gasteiger partial charge < -0.3 is 11.1 Å². The van der Waals surface area contributed by atoms with Gasteiger partial charge in [-0.15, -0.1) is 0 Å². The Kier molecular flexibility index (Phi) is 4.30. The van der Waals surface area contributed by atoms with Crippen LogP contribution in [0.5, 0.6) is 0 Å². The van der Waals surface area contributed by atoms with E-state index in [2.05, 4.69) is 26.1 Å². The highest BCUT2D eigenvalue weighted by Gasteiger charge is 2.13. The van der Waals surface area contributed by atoms with Crippen LogP contribution in [0.1, 0.15) is 32.8 Å². The predicted octanol–water partition coefficient (Wildman–Crippen LogP) is 2.93. The van der Waals surface area contributed by atoms with Crippen LogP contribution < -0.4 is 11.1 Å². The van der Waals surface area contributed by atoms with Gasteiger partial charge in [0.2, 0.25) is 0 Å². The van der Waals surface area contributed by atoms with Gasteiger partial charge in [-0.05, 0) is 29.5 Å². The molecule has 0 spiro atoms. The van der Waals surface area contributed by atoms with Crippen LogP contribution in [0.4, 0.5) is 10.1 Å². The van der Waals surface area contributed by atoms with Crippen molar-refractivity contribution in [3.63, 3.8) is 0 Å². The first kappa shape index (κ1) is 13.0. The summed E-state index contributed by atoms with van der Waals surface area (Å²) in [6, 6.07) is 4.95. The summed E-state index contributed by atoms with van der Waals surface area (Å²) in [5, 5.41) is 3.33. The lowest BCUT2D eigenvalue weighted by Gasteiger charge is -2.23. The monoisotopic (exact) mass is 224 g/mol. The van der Waals surface area contributed by atoms with Crippen LogP contribution in [0, 0.1) is 11.2 Å². The Morgan fingerprint density at radius 3 is 2.62 bits per heavy atom. The minimum absolute atomic E-state index is 0.206. The zero-order valence-corrected chi connectivity index (χ0v) is 10.3. The van der Waals surface area contributed by atoms with E-state index in [0.717, 1.165) is 18.5 Å². The smallest absolute Gasteiger partial charge is 0.146 e. The van der Waals surface area contributed by atoms with Gasteiger partial charge in [-0.1, -0.05) is 26.8 Å². The summed E-state index contributed by atoms with van der Waals surface area (Å²) in [4.78, 5) is 0. The Morgan fingerprint density at radius 2 is 2.06 bits per heavy atom. The van der Waals surface area contributed by atoms with Crippen molar-refractivity contribution in [1.29, 1.82) is 0 Å². The number of nitrogens with two attached hydrogens (primary N) is 1. The lowest BCUT2D eigenvalue weighted by Crippen LogP contribution is -2.28. The second kappa shape index (κ2) is 5.30. The minimum Gasteiger partial charge on any atom is -0.396 e. The number of rotatable bonds is 5. The molecule has 3 heteroatoms. The molecule has 1 rings (SSSR count). The SMILES string of the molecule is CCC(C)(C)CNCc1ccc(N)c(F)c1. The first-order chi connectivity index (χ1) is 7.44. The molecule has 0 amide bonds. The lowest BCUT2D eigenvalue weighted by molar-refractivity contribution is 0.327. The van der Waals surface area contributed by atoms with Gasteiger partial charge in [0.15, 0.2) is 0 Å². The number of nitrogen functional groups attached to an aromatic ring is 1. The number of anilines is 1. The van der Waals surface area contributed by atoms with Gasteiger partial charge in [0.25, 0.3) is 0 Å². The molecule has 0 saturated carbocycles. The van der Waals surface area contributed by atoms with E-state index in [4.69, 9.17) is 5.73 Å². The van der Waals surface area contributed by atoms with E-state index in [-0.39, 0.29) is 16.9 Å². The zero-order chi connectivity index (χ0) is 12.2. The van der Waals surface area contributed by atoms with Crippen molar-refractivity contribution >= 4 is 5.69 Å². The predicted molar refractivity (Wildman–Crippen MR) is 66.6 cm³/mol. The van der Waals surface area contributed by atoms with Gasteiger partial charge in [-0.2, -0.15) is 0 Å². The third kappa shape index (κ3) is 3.81. The molecule has 1 aromatic rings. The maximum Gasteiger partial charge on any atom is 0.146 e.